The van der Waals surface area contributed by atoms with Crippen LogP contribution in [-0.4, -0.2) is 5.71 Å². The molecule has 0 saturated heterocycles. The summed E-state index contributed by atoms with van der Waals surface area (Å²) in [5.41, 5.74) is 3.10. The normalized spacial score (nSPS) is 11.5. The third-order valence-electron chi connectivity index (χ3n) is 2.26. The highest BCUT2D eigenvalue weighted by molar-refractivity contribution is 9.11. The lowest BCUT2D eigenvalue weighted by molar-refractivity contribution is 0.130. The van der Waals surface area contributed by atoms with Crippen LogP contribution < -0.4 is 0 Å². The number of halogens is 1. The number of oxime groups is 1. The molecule has 4 heteroatoms. The van der Waals surface area contributed by atoms with Crippen molar-refractivity contribution < 1.29 is 4.84 Å². The van der Waals surface area contributed by atoms with Crippen LogP contribution >= 0.6 is 27.3 Å². The van der Waals surface area contributed by atoms with Crippen molar-refractivity contribution in [3.05, 3.63) is 56.7 Å². The average molecular weight is 310 g/mol. The maximum atomic E-state index is 5.32. The Hall–Kier alpha value is -1.13. The van der Waals surface area contributed by atoms with Crippen LogP contribution in [0.25, 0.3) is 0 Å². The van der Waals surface area contributed by atoms with E-state index in [0.29, 0.717) is 6.61 Å². The van der Waals surface area contributed by atoms with Gasteiger partial charge in [0.1, 0.15) is 6.61 Å². The number of benzene rings is 1. The van der Waals surface area contributed by atoms with Crippen molar-refractivity contribution in [2.24, 2.45) is 5.16 Å². The fourth-order valence-electron chi connectivity index (χ4n) is 1.33. The van der Waals surface area contributed by atoms with Gasteiger partial charge in [-0.15, -0.1) is 11.3 Å². The molecule has 17 heavy (non-hydrogen) atoms. The number of nitrogens with zero attached hydrogens (tertiary/aromatic N) is 1. The fraction of sp³-hybridized carbons (Fsp3) is 0.154. The van der Waals surface area contributed by atoms with Crippen LogP contribution in [0.3, 0.4) is 0 Å². The molecule has 0 radical (unpaired) electrons. The van der Waals surface area contributed by atoms with Crippen molar-refractivity contribution in [2.75, 3.05) is 0 Å². The highest BCUT2D eigenvalue weighted by atomic mass is 79.9. The zero-order chi connectivity index (χ0) is 12.1. The van der Waals surface area contributed by atoms with Crippen LogP contribution in [0.2, 0.25) is 0 Å². The molecule has 0 atom stereocenters. The van der Waals surface area contributed by atoms with Gasteiger partial charge in [-0.3, -0.25) is 0 Å². The van der Waals surface area contributed by atoms with E-state index in [1.54, 1.807) is 11.3 Å². The van der Waals surface area contributed by atoms with Crippen LogP contribution in [-0.2, 0) is 11.4 Å². The largest absolute Gasteiger partial charge is 0.391 e. The van der Waals surface area contributed by atoms with Crippen molar-refractivity contribution >= 4 is 33.0 Å². The Kier molecular flexibility index (Phi) is 4.34. The first-order chi connectivity index (χ1) is 8.25. The molecule has 0 fully saturated rings. The van der Waals surface area contributed by atoms with Gasteiger partial charge in [-0.25, -0.2) is 0 Å². The smallest absolute Gasteiger partial charge is 0.142 e. The Morgan fingerprint density at radius 2 is 2.12 bits per heavy atom. The molecular formula is C13H12BrNOS. The van der Waals surface area contributed by atoms with Gasteiger partial charge in [0.05, 0.1) is 9.50 Å². The number of hydrogen-bond acceptors (Lipinski definition) is 3. The molecule has 0 unspecified atom stereocenters. The van der Waals surface area contributed by atoms with Crippen LogP contribution in [0.5, 0.6) is 0 Å². The van der Waals surface area contributed by atoms with Gasteiger partial charge in [0.2, 0.25) is 0 Å². The van der Waals surface area contributed by atoms with Gasteiger partial charge in [-0.2, -0.15) is 0 Å². The highest BCUT2D eigenvalue weighted by Crippen LogP contribution is 2.21. The Morgan fingerprint density at radius 3 is 2.76 bits per heavy atom. The summed E-state index contributed by atoms with van der Waals surface area (Å²) in [6.07, 6.45) is 0. The zero-order valence-corrected chi connectivity index (χ0v) is 11.8. The molecule has 0 aliphatic heterocycles. The molecule has 0 spiro atoms. The SMILES string of the molecule is CC(=NOCc1ccccc1)c1csc(Br)c1. The standard InChI is InChI=1S/C13H12BrNOS/c1-10(12-7-13(14)17-9-12)15-16-8-11-5-3-2-4-6-11/h2-7,9H,8H2,1H3. The second-order valence-corrected chi connectivity index (χ2v) is 5.87. The van der Waals surface area contributed by atoms with Gasteiger partial charge in [0, 0.05) is 10.9 Å². The lowest BCUT2D eigenvalue weighted by atomic mass is 10.2. The first-order valence-corrected chi connectivity index (χ1v) is 6.88. The summed E-state index contributed by atoms with van der Waals surface area (Å²) >= 11 is 5.07. The van der Waals surface area contributed by atoms with Gasteiger partial charge >= 0.3 is 0 Å². The summed E-state index contributed by atoms with van der Waals surface area (Å²) in [7, 11) is 0. The minimum absolute atomic E-state index is 0.503. The third-order valence-corrected chi connectivity index (χ3v) is 3.77. The number of thiophene rings is 1. The van der Waals surface area contributed by atoms with Gasteiger partial charge in [-0.05, 0) is 34.5 Å². The van der Waals surface area contributed by atoms with Gasteiger partial charge in [0.25, 0.3) is 0 Å². The fourth-order valence-corrected chi connectivity index (χ4v) is 2.53. The van der Waals surface area contributed by atoms with Crippen molar-refractivity contribution in [1.29, 1.82) is 0 Å². The first-order valence-electron chi connectivity index (χ1n) is 5.20. The first kappa shape index (κ1) is 12.3. The Balaban J connectivity index is 1.93. The second-order valence-electron chi connectivity index (χ2n) is 3.58. The van der Waals surface area contributed by atoms with Gasteiger partial charge in [-0.1, -0.05) is 35.5 Å². The van der Waals surface area contributed by atoms with Crippen molar-refractivity contribution in [3.63, 3.8) is 0 Å². The Morgan fingerprint density at radius 1 is 1.35 bits per heavy atom. The minimum Gasteiger partial charge on any atom is -0.391 e. The predicted octanol–water partition coefficient (Wildman–Crippen LogP) is 4.45. The van der Waals surface area contributed by atoms with E-state index in [0.717, 1.165) is 20.6 Å². The minimum atomic E-state index is 0.503. The molecule has 1 heterocycles. The van der Waals surface area contributed by atoms with Crippen LogP contribution in [0, 0.1) is 0 Å². The van der Waals surface area contributed by atoms with Crippen LogP contribution in [0.4, 0.5) is 0 Å². The summed E-state index contributed by atoms with van der Waals surface area (Å²) < 4.78 is 1.10. The van der Waals surface area contributed by atoms with E-state index in [1.165, 1.54) is 0 Å². The van der Waals surface area contributed by atoms with E-state index in [4.69, 9.17) is 4.84 Å². The Labute approximate surface area is 113 Å². The van der Waals surface area contributed by atoms with Crippen molar-refractivity contribution in [1.82, 2.24) is 0 Å². The monoisotopic (exact) mass is 309 g/mol. The molecule has 2 aromatic rings. The molecule has 2 nitrogen and oxygen atoms in total. The molecule has 88 valence electrons. The molecule has 0 bridgehead atoms. The summed E-state index contributed by atoms with van der Waals surface area (Å²) in [6, 6.07) is 12.0. The predicted molar refractivity (Wildman–Crippen MR) is 75.5 cm³/mol. The Bertz CT molecular complexity index is 507. The third kappa shape index (κ3) is 3.68. The zero-order valence-electron chi connectivity index (χ0n) is 9.39. The lowest BCUT2D eigenvalue weighted by Crippen LogP contribution is -1.94. The maximum Gasteiger partial charge on any atom is 0.142 e. The summed E-state index contributed by atoms with van der Waals surface area (Å²) in [4.78, 5) is 5.32. The quantitative estimate of drug-likeness (QED) is 0.604. The maximum absolute atomic E-state index is 5.32. The molecule has 0 aliphatic carbocycles. The second kappa shape index (κ2) is 5.98. The van der Waals surface area contributed by atoms with E-state index in [9.17, 15) is 0 Å². The van der Waals surface area contributed by atoms with E-state index in [-0.39, 0.29) is 0 Å². The average Bonchev–Trinajstić information content (AvgIpc) is 2.77. The molecule has 0 N–H and O–H groups in total. The lowest BCUT2D eigenvalue weighted by Gasteiger charge is -2.00. The van der Waals surface area contributed by atoms with E-state index in [2.05, 4.69) is 26.5 Å². The van der Waals surface area contributed by atoms with E-state index >= 15 is 0 Å². The molecule has 1 aromatic carbocycles. The van der Waals surface area contributed by atoms with Crippen molar-refractivity contribution in [2.45, 2.75) is 13.5 Å². The van der Waals surface area contributed by atoms with Crippen LogP contribution in [0.15, 0.2) is 50.7 Å². The van der Waals surface area contributed by atoms with Gasteiger partial charge < -0.3 is 4.84 Å². The summed E-state index contributed by atoms with van der Waals surface area (Å²) in [5.74, 6) is 0. The molecule has 0 aliphatic rings. The molecular weight excluding hydrogens is 298 g/mol. The number of rotatable bonds is 4. The summed E-state index contributed by atoms with van der Waals surface area (Å²) in [5, 5.41) is 6.16. The van der Waals surface area contributed by atoms with Crippen molar-refractivity contribution in [3.8, 4) is 0 Å². The topological polar surface area (TPSA) is 21.6 Å². The molecule has 0 saturated carbocycles. The molecule has 0 amide bonds. The van der Waals surface area contributed by atoms with E-state index in [1.807, 2.05) is 43.3 Å². The summed E-state index contributed by atoms with van der Waals surface area (Å²) in [6.45, 7) is 2.45. The van der Waals surface area contributed by atoms with Crippen LogP contribution in [0.1, 0.15) is 18.1 Å². The molecule has 2 rings (SSSR count). The highest BCUT2D eigenvalue weighted by Gasteiger charge is 2.01. The van der Waals surface area contributed by atoms with Gasteiger partial charge in [0.15, 0.2) is 0 Å². The van der Waals surface area contributed by atoms with E-state index < -0.39 is 0 Å². The number of hydrogen-bond donors (Lipinski definition) is 0. The molecule has 1 aromatic heterocycles.